The third-order valence-corrected chi connectivity index (χ3v) is 2.19. The molecule has 0 fully saturated rings. The van der Waals surface area contributed by atoms with Gasteiger partial charge in [-0.2, -0.15) is 4.98 Å². The van der Waals surface area contributed by atoms with Crippen molar-refractivity contribution in [3.63, 3.8) is 0 Å². The average Bonchev–Trinajstić information content (AvgIpc) is 2.77. The van der Waals surface area contributed by atoms with Gasteiger partial charge in [0.1, 0.15) is 18.1 Å². The van der Waals surface area contributed by atoms with Crippen molar-refractivity contribution in [2.75, 3.05) is 0 Å². The Kier molecular flexibility index (Phi) is 3.18. The van der Waals surface area contributed by atoms with Gasteiger partial charge in [0.15, 0.2) is 0 Å². The van der Waals surface area contributed by atoms with Gasteiger partial charge in [0.25, 0.3) is 0 Å². The molecule has 0 aliphatic carbocycles. The second-order valence-corrected chi connectivity index (χ2v) is 3.67. The smallest absolute Gasteiger partial charge is 0.405 e. The predicted molar refractivity (Wildman–Crippen MR) is 59.6 cm³/mol. The molecule has 0 saturated heterocycles. The van der Waals surface area contributed by atoms with Gasteiger partial charge in [0.05, 0.1) is 0 Å². The summed E-state index contributed by atoms with van der Waals surface area (Å²) in [5, 5.41) is 14.6. The zero-order chi connectivity index (χ0) is 13.1. The molecule has 2 rings (SSSR count). The summed E-state index contributed by atoms with van der Waals surface area (Å²) >= 11 is 0. The number of amides is 1. The molecule has 2 aromatic rings. The summed E-state index contributed by atoms with van der Waals surface area (Å²) in [5.41, 5.74) is 1.31. The van der Waals surface area contributed by atoms with Crippen LogP contribution in [0.1, 0.15) is 24.6 Å². The first-order valence-corrected chi connectivity index (χ1v) is 5.18. The van der Waals surface area contributed by atoms with E-state index in [1.807, 2.05) is 6.92 Å². The summed E-state index contributed by atoms with van der Waals surface area (Å²) in [6, 6.07) is 1.14. The lowest BCUT2D eigenvalue weighted by molar-refractivity contribution is 0.187. The lowest BCUT2D eigenvalue weighted by Gasteiger charge is -2.04. The minimum Gasteiger partial charge on any atom is -0.465 e. The molecular formula is C10H11N5O3. The predicted octanol–water partition coefficient (Wildman–Crippen LogP) is 1.16. The summed E-state index contributed by atoms with van der Waals surface area (Å²) in [5.74, 6) is 0.484. The highest BCUT2D eigenvalue weighted by Crippen LogP contribution is 2.16. The zero-order valence-corrected chi connectivity index (χ0v) is 9.78. The summed E-state index contributed by atoms with van der Waals surface area (Å²) in [6.45, 7) is 3.43. The summed E-state index contributed by atoms with van der Waals surface area (Å²) in [7, 11) is 0. The number of aromatic nitrogens is 4. The maximum absolute atomic E-state index is 10.5. The molecule has 18 heavy (non-hydrogen) atoms. The van der Waals surface area contributed by atoms with E-state index in [0.717, 1.165) is 5.69 Å². The standard InChI is InChI=1S/C10H11N5O3/c1-5-3-7(12-4-11-5)8-14-9(18-15-8)6(2)13-10(16)17/h3-4,6,13H,1-2H3,(H,16,17)/t6-/m0/s1. The molecule has 0 saturated carbocycles. The zero-order valence-electron chi connectivity index (χ0n) is 9.78. The summed E-state index contributed by atoms with van der Waals surface area (Å²) in [4.78, 5) is 22.5. The van der Waals surface area contributed by atoms with E-state index >= 15 is 0 Å². The van der Waals surface area contributed by atoms with Crippen LogP contribution in [0.5, 0.6) is 0 Å². The molecule has 0 bridgehead atoms. The number of carboxylic acid groups (broad SMARTS) is 1. The van der Waals surface area contributed by atoms with Crippen LogP contribution < -0.4 is 5.32 Å². The molecule has 8 nitrogen and oxygen atoms in total. The number of hydrogen-bond donors (Lipinski definition) is 2. The molecule has 2 heterocycles. The van der Waals surface area contributed by atoms with Crippen LogP contribution in [0.4, 0.5) is 4.79 Å². The molecule has 2 aromatic heterocycles. The first-order valence-electron chi connectivity index (χ1n) is 5.18. The van der Waals surface area contributed by atoms with E-state index in [2.05, 4.69) is 25.4 Å². The number of hydrogen-bond acceptors (Lipinski definition) is 6. The van der Waals surface area contributed by atoms with Gasteiger partial charge >= 0.3 is 6.09 Å². The SMILES string of the molecule is Cc1cc(-c2noc([C@H](C)NC(=O)O)n2)ncn1. The van der Waals surface area contributed by atoms with Crippen LogP contribution >= 0.6 is 0 Å². The van der Waals surface area contributed by atoms with E-state index in [4.69, 9.17) is 9.63 Å². The molecule has 2 N–H and O–H groups in total. The Balaban J connectivity index is 2.22. The molecule has 94 valence electrons. The van der Waals surface area contributed by atoms with Crippen LogP contribution in [0, 0.1) is 6.92 Å². The average molecular weight is 249 g/mol. The second-order valence-electron chi connectivity index (χ2n) is 3.67. The first kappa shape index (κ1) is 12.0. The van der Waals surface area contributed by atoms with Gasteiger partial charge in [-0.3, -0.25) is 0 Å². The van der Waals surface area contributed by atoms with Crippen LogP contribution in [0.25, 0.3) is 11.5 Å². The molecule has 0 radical (unpaired) electrons. The summed E-state index contributed by atoms with van der Waals surface area (Å²) < 4.78 is 4.97. The van der Waals surface area contributed by atoms with Crippen molar-refractivity contribution in [3.8, 4) is 11.5 Å². The van der Waals surface area contributed by atoms with Gasteiger partial charge in [0.2, 0.25) is 11.7 Å². The highest BCUT2D eigenvalue weighted by molar-refractivity contribution is 5.64. The maximum atomic E-state index is 10.5. The van der Waals surface area contributed by atoms with E-state index in [-0.39, 0.29) is 5.89 Å². The lowest BCUT2D eigenvalue weighted by Crippen LogP contribution is -2.24. The van der Waals surface area contributed by atoms with Gasteiger partial charge in [-0.1, -0.05) is 5.16 Å². The van der Waals surface area contributed by atoms with Crippen molar-refractivity contribution in [1.82, 2.24) is 25.4 Å². The van der Waals surface area contributed by atoms with Crippen LogP contribution in [0.15, 0.2) is 16.9 Å². The van der Waals surface area contributed by atoms with Gasteiger partial charge in [-0.05, 0) is 19.9 Å². The Hall–Kier alpha value is -2.51. The first-order chi connectivity index (χ1) is 8.56. The highest BCUT2D eigenvalue weighted by Gasteiger charge is 2.17. The number of carbonyl (C=O) groups is 1. The Labute approximate surface area is 102 Å². The third-order valence-electron chi connectivity index (χ3n) is 2.19. The van der Waals surface area contributed by atoms with Crippen molar-refractivity contribution >= 4 is 6.09 Å². The van der Waals surface area contributed by atoms with E-state index in [9.17, 15) is 4.79 Å². The van der Waals surface area contributed by atoms with Gasteiger partial charge in [0, 0.05) is 5.69 Å². The third kappa shape index (κ3) is 2.59. The minimum absolute atomic E-state index is 0.184. The van der Waals surface area contributed by atoms with E-state index in [0.29, 0.717) is 11.5 Å². The van der Waals surface area contributed by atoms with E-state index in [1.165, 1.54) is 6.33 Å². The molecule has 1 atom stereocenters. The molecule has 1 amide bonds. The number of rotatable bonds is 3. The van der Waals surface area contributed by atoms with Crippen molar-refractivity contribution in [3.05, 3.63) is 24.0 Å². The Morgan fingerprint density at radius 1 is 1.50 bits per heavy atom. The number of nitrogens with zero attached hydrogens (tertiary/aromatic N) is 4. The van der Waals surface area contributed by atoms with Crippen LogP contribution in [0.2, 0.25) is 0 Å². The van der Waals surface area contributed by atoms with Crippen molar-refractivity contribution in [2.45, 2.75) is 19.9 Å². The molecule has 0 spiro atoms. The molecule has 0 aromatic carbocycles. The van der Waals surface area contributed by atoms with Crippen LogP contribution in [-0.2, 0) is 0 Å². The second kappa shape index (κ2) is 4.78. The fraction of sp³-hybridized carbons (Fsp3) is 0.300. The molecule has 0 aliphatic heterocycles. The van der Waals surface area contributed by atoms with E-state index in [1.54, 1.807) is 13.0 Å². The molecule has 0 aliphatic rings. The largest absolute Gasteiger partial charge is 0.465 e. The van der Waals surface area contributed by atoms with E-state index < -0.39 is 12.1 Å². The normalized spacial score (nSPS) is 12.1. The number of aryl methyl sites for hydroxylation is 1. The fourth-order valence-electron chi connectivity index (χ4n) is 1.34. The topological polar surface area (TPSA) is 114 Å². The lowest BCUT2D eigenvalue weighted by atomic mass is 10.3. The Morgan fingerprint density at radius 2 is 2.28 bits per heavy atom. The Morgan fingerprint density at radius 3 is 2.94 bits per heavy atom. The van der Waals surface area contributed by atoms with Crippen LogP contribution in [-0.4, -0.2) is 31.3 Å². The fourth-order valence-corrected chi connectivity index (χ4v) is 1.34. The van der Waals surface area contributed by atoms with Crippen molar-refractivity contribution < 1.29 is 14.4 Å². The van der Waals surface area contributed by atoms with Crippen molar-refractivity contribution in [1.29, 1.82) is 0 Å². The van der Waals surface area contributed by atoms with Crippen LogP contribution in [0.3, 0.4) is 0 Å². The molecule has 8 heteroatoms. The molecular weight excluding hydrogens is 238 g/mol. The maximum Gasteiger partial charge on any atom is 0.405 e. The van der Waals surface area contributed by atoms with Gasteiger partial charge in [-0.15, -0.1) is 0 Å². The Bertz CT molecular complexity index is 568. The molecule has 0 unspecified atom stereocenters. The monoisotopic (exact) mass is 249 g/mol. The highest BCUT2D eigenvalue weighted by atomic mass is 16.5. The number of nitrogens with one attached hydrogen (secondary N) is 1. The van der Waals surface area contributed by atoms with Gasteiger partial charge in [-0.25, -0.2) is 14.8 Å². The minimum atomic E-state index is -1.15. The quantitative estimate of drug-likeness (QED) is 0.838. The summed E-state index contributed by atoms with van der Waals surface area (Å²) in [6.07, 6.45) is 0.250. The van der Waals surface area contributed by atoms with Gasteiger partial charge < -0.3 is 14.9 Å². The van der Waals surface area contributed by atoms with Crippen molar-refractivity contribution in [2.24, 2.45) is 0 Å².